The molecule has 0 fully saturated rings. The first-order chi connectivity index (χ1) is 8.60. The Kier molecular flexibility index (Phi) is 6.61. The van der Waals surface area contributed by atoms with Crippen LogP contribution in [0.5, 0.6) is 0 Å². The molecule has 0 saturated heterocycles. The molecular formula is C14H23BrN2O. The van der Waals surface area contributed by atoms with Crippen LogP contribution in [0.15, 0.2) is 4.47 Å². The molecule has 0 radical (unpaired) electrons. The fourth-order valence-corrected chi connectivity index (χ4v) is 2.79. The Bertz CT molecular complexity index is 399. The Labute approximate surface area is 118 Å². The molecule has 1 rings (SSSR count). The lowest BCUT2D eigenvalue weighted by molar-refractivity contribution is -0.118. The minimum Gasteiger partial charge on any atom is -0.299 e. The molecule has 0 amide bonds. The Balaban J connectivity index is 2.51. The third-order valence-corrected chi connectivity index (χ3v) is 4.09. The van der Waals surface area contributed by atoms with Crippen molar-refractivity contribution in [3.8, 4) is 0 Å². The number of aryl methyl sites for hydroxylation is 2. The van der Waals surface area contributed by atoms with Crippen LogP contribution in [0.1, 0.15) is 57.3 Å². The second kappa shape index (κ2) is 7.72. The fraction of sp³-hybridized carbons (Fsp3) is 0.714. The zero-order valence-corrected chi connectivity index (χ0v) is 13.2. The van der Waals surface area contributed by atoms with E-state index in [9.17, 15) is 4.79 Å². The Morgan fingerprint density at radius 2 is 2.00 bits per heavy atom. The molecule has 0 bridgehead atoms. The van der Waals surface area contributed by atoms with E-state index in [1.165, 1.54) is 12.8 Å². The van der Waals surface area contributed by atoms with Crippen molar-refractivity contribution in [3.05, 3.63) is 15.9 Å². The molecule has 18 heavy (non-hydrogen) atoms. The predicted octanol–water partition coefficient (Wildman–Crippen LogP) is 3.83. The Morgan fingerprint density at radius 3 is 2.56 bits per heavy atom. The van der Waals surface area contributed by atoms with Crippen LogP contribution in [0.2, 0.25) is 0 Å². The van der Waals surface area contributed by atoms with Crippen molar-refractivity contribution in [1.82, 2.24) is 9.78 Å². The minimum atomic E-state index is 0.317. The van der Waals surface area contributed by atoms with Crippen molar-refractivity contribution >= 4 is 21.7 Å². The number of Topliss-reactive ketones (excluding diaryl/α,β-unsaturated/α-hetero) is 1. The number of aromatic nitrogens is 2. The summed E-state index contributed by atoms with van der Waals surface area (Å²) in [5, 5.41) is 4.41. The van der Waals surface area contributed by atoms with E-state index in [0.29, 0.717) is 18.6 Å². The number of carbonyl (C=O) groups excluding carboxylic acids is 1. The summed E-state index contributed by atoms with van der Waals surface area (Å²) in [5.74, 6) is 0.317. The third-order valence-electron chi connectivity index (χ3n) is 3.18. The number of unbranched alkanes of at least 4 members (excludes halogenated alkanes) is 3. The lowest BCUT2D eigenvalue weighted by Gasteiger charge is -2.03. The van der Waals surface area contributed by atoms with E-state index in [1.807, 2.05) is 11.7 Å². The number of carbonyl (C=O) groups is 1. The summed E-state index contributed by atoms with van der Waals surface area (Å²) in [4.78, 5) is 11.9. The smallest absolute Gasteiger partial charge is 0.138 e. The van der Waals surface area contributed by atoms with Gasteiger partial charge in [0.2, 0.25) is 0 Å². The number of ketones is 1. The third kappa shape index (κ3) is 4.23. The van der Waals surface area contributed by atoms with Crippen molar-refractivity contribution in [2.24, 2.45) is 7.05 Å². The number of hydrogen-bond acceptors (Lipinski definition) is 2. The molecular weight excluding hydrogens is 292 g/mol. The highest BCUT2D eigenvalue weighted by Crippen LogP contribution is 2.22. The average molecular weight is 315 g/mol. The van der Waals surface area contributed by atoms with Crippen LogP contribution in [-0.2, 0) is 24.7 Å². The molecule has 0 unspecified atom stereocenters. The first kappa shape index (κ1) is 15.4. The highest BCUT2D eigenvalue weighted by atomic mass is 79.9. The van der Waals surface area contributed by atoms with Crippen LogP contribution in [0.25, 0.3) is 0 Å². The van der Waals surface area contributed by atoms with Gasteiger partial charge >= 0.3 is 0 Å². The summed E-state index contributed by atoms with van der Waals surface area (Å²) < 4.78 is 2.83. The Morgan fingerprint density at radius 1 is 1.28 bits per heavy atom. The summed E-state index contributed by atoms with van der Waals surface area (Å²) in [6.45, 7) is 4.25. The highest BCUT2D eigenvalue weighted by molar-refractivity contribution is 9.10. The monoisotopic (exact) mass is 314 g/mol. The summed E-state index contributed by atoms with van der Waals surface area (Å²) >= 11 is 3.55. The maximum atomic E-state index is 11.9. The summed E-state index contributed by atoms with van der Waals surface area (Å²) in [5.41, 5.74) is 2.04. The molecule has 0 spiro atoms. The van der Waals surface area contributed by atoms with E-state index in [-0.39, 0.29) is 0 Å². The van der Waals surface area contributed by atoms with E-state index in [2.05, 4.69) is 34.9 Å². The molecule has 1 aromatic rings. The first-order valence-electron chi connectivity index (χ1n) is 6.82. The number of halogens is 1. The molecule has 4 heteroatoms. The Hall–Kier alpha value is -0.640. The van der Waals surface area contributed by atoms with Crippen LogP contribution < -0.4 is 0 Å². The van der Waals surface area contributed by atoms with Gasteiger partial charge in [-0.3, -0.25) is 9.48 Å². The zero-order valence-electron chi connectivity index (χ0n) is 11.6. The lowest BCUT2D eigenvalue weighted by Crippen LogP contribution is -2.07. The van der Waals surface area contributed by atoms with Gasteiger partial charge in [0.1, 0.15) is 5.78 Å². The van der Waals surface area contributed by atoms with Crippen molar-refractivity contribution in [3.63, 3.8) is 0 Å². The first-order valence-corrected chi connectivity index (χ1v) is 7.61. The van der Waals surface area contributed by atoms with Gasteiger partial charge in [0.15, 0.2) is 0 Å². The van der Waals surface area contributed by atoms with E-state index in [4.69, 9.17) is 0 Å². The topological polar surface area (TPSA) is 34.9 Å². The molecule has 0 aliphatic rings. The number of hydrogen-bond donors (Lipinski definition) is 0. The highest BCUT2D eigenvalue weighted by Gasteiger charge is 2.15. The standard InChI is InChI=1S/C14H23BrN2O/c1-4-6-7-8-9-11(18)10-13-14(15)12(5-2)16-17(13)3/h4-10H2,1-3H3. The van der Waals surface area contributed by atoms with E-state index in [0.717, 1.165) is 35.1 Å². The van der Waals surface area contributed by atoms with Crippen molar-refractivity contribution < 1.29 is 4.79 Å². The molecule has 3 nitrogen and oxygen atoms in total. The second-order valence-corrected chi connectivity index (χ2v) is 5.50. The van der Waals surface area contributed by atoms with Crippen LogP contribution in [0.4, 0.5) is 0 Å². The van der Waals surface area contributed by atoms with Gasteiger partial charge in [-0.25, -0.2) is 0 Å². The van der Waals surface area contributed by atoms with E-state index in [1.54, 1.807) is 0 Å². The van der Waals surface area contributed by atoms with Gasteiger partial charge in [-0.05, 0) is 28.8 Å². The van der Waals surface area contributed by atoms with Gasteiger partial charge in [-0.15, -0.1) is 0 Å². The summed E-state index contributed by atoms with van der Waals surface area (Å²) in [7, 11) is 1.91. The lowest BCUT2D eigenvalue weighted by atomic mass is 10.1. The molecule has 102 valence electrons. The van der Waals surface area contributed by atoms with Crippen molar-refractivity contribution in [1.29, 1.82) is 0 Å². The molecule has 0 aliphatic heterocycles. The van der Waals surface area contributed by atoms with Crippen LogP contribution in [-0.4, -0.2) is 15.6 Å². The fourth-order valence-electron chi connectivity index (χ4n) is 2.04. The number of rotatable bonds is 8. The van der Waals surface area contributed by atoms with Crippen LogP contribution in [0.3, 0.4) is 0 Å². The largest absolute Gasteiger partial charge is 0.299 e. The molecule has 0 aromatic carbocycles. The van der Waals surface area contributed by atoms with Gasteiger partial charge in [0.05, 0.1) is 15.9 Å². The molecule has 0 saturated carbocycles. The van der Waals surface area contributed by atoms with Crippen LogP contribution in [0, 0.1) is 0 Å². The van der Waals surface area contributed by atoms with E-state index >= 15 is 0 Å². The van der Waals surface area contributed by atoms with E-state index < -0.39 is 0 Å². The quantitative estimate of drug-likeness (QED) is 0.683. The van der Waals surface area contributed by atoms with Gasteiger partial charge < -0.3 is 0 Å². The maximum Gasteiger partial charge on any atom is 0.138 e. The minimum absolute atomic E-state index is 0.317. The van der Waals surface area contributed by atoms with Crippen molar-refractivity contribution in [2.45, 2.75) is 58.8 Å². The predicted molar refractivity (Wildman–Crippen MR) is 77.8 cm³/mol. The molecule has 1 heterocycles. The van der Waals surface area contributed by atoms with Gasteiger partial charge in [0, 0.05) is 19.9 Å². The molecule has 0 N–H and O–H groups in total. The number of nitrogens with zero attached hydrogens (tertiary/aromatic N) is 2. The van der Waals surface area contributed by atoms with Gasteiger partial charge in [-0.1, -0.05) is 33.1 Å². The van der Waals surface area contributed by atoms with Crippen molar-refractivity contribution in [2.75, 3.05) is 0 Å². The molecule has 0 atom stereocenters. The SMILES string of the molecule is CCCCCCC(=O)Cc1c(Br)c(CC)nn1C. The van der Waals surface area contributed by atoms with Gasteiger partial charge in [0.25, 0.3) is 0 Å². The normalized spacial score (nSPS) is 10.9. The second-order valence-electron chi connectivity index (χ2n) is 4.71. The zero-order chi connectivity index (χ0) is 13.5. The summed E-state index contributed by atoms with van der Waals surface area (Å²) in [6, 6.07) is 0. The average Bonchev–Trinajstić information content (AvgIpc) is 2.62. The molecule has 0 aliphatic carbocycles. The van der Waals surface area contributed by atoms with Crippen LogP contribution >= 0.6 is 15.9 Å². The van der Waals surface area contributed by atoms with Gasteiger partial charge in [-0.2, -0.15) is 5.10 Å². The molecule has 1 aromatic heterocycles. The maximum absolute atomic E-state index is 11.9. The summed E-state index contributed by atoms with van der Waals surface area (Å²) in [6.07, 6.45) is 6.69.